The van der Waals surface area contributed by atoms with Crippen LogP contribution in [0.5, 0.6) is 0 Å². The first-order valence-corrected chi connectivity index (χ1v) is 6.38. The first kappa shape index (κ1) is 12.8. The van der Waals surface area contributed by atoms with Crippen LogP contribution in [0.15, 0.2) is 36.7 Å². The molecule has 0 aliphatic rings. The van der Waals surface area contributed by atoms with Gasteiger partial charge in [0.05, 0.1) is 0 Å². The Morgan fingerprint density at radius 2 is 2.28 bits per heavy atom. The molecule has 0 bridgehead atoms. The van der Waals surface area contributed by atoms with E-state index in [1.165, 1.54) is 10.9 Å². The third-order valence-corrected chi connectivity index (χ3v) is 2.92. The van der Waals surface area contributed by atoms with Crippen molar-refractivity contribution >= 4 is 11.0 Å². The average molecular weight is 243 g/mol. The lowest BCUT2D eigenvalue weighted by molar-refractivity contribution is 0.617. The molecule has 0 aliphatic heterocycles. The zero-order valence-corrected chi connectivity index (χ0v) is 11.4. The first-order valence-electron chi connectivity index (χ1n) is 6.38. The molecule has 2 rings (SSSR count). The van der Waals surface area contributed by atoms with Gasteiger partial charge in [-0.15, -0.1) is 0 Å². The SMILES string of the molecule is C=C(C)CNCc1cnc2c(ccn2C(C)C)c1. The summed E-state index contributed by atoms with van der Waals surface area (Å²) < 4.78 is 2.19. The highest BCUT2D eigenvalue weighted by atomic mass is 15.0. The molecule has 96 valence electrons. The van der Waals surface area contributed by atoms with Crippen molar-refractivity contribution in [3.05, 3.63) is 42.2 Å². The second-order valence-electron chi connectivity index (χ2n) is 5.13. The molecule has 0 radical (unpaired) electrons. The Labute approximate surface area is 109 Å². The molecule has 18 heavy (non-hydrogen) atoms. The van der Waals surface area contributed by atoms with Crippen LogP contribution in [0, 0.1) is 0 Å². The van der Waals surface area contributed by atoms with Gasteiger partial charge in [0.25, 0.3) is 0 Å². The zero-order chi connectivity index (χ0) is 13.1. The van der Waals surface area contributed by atoms with Gasteiger partial charge in [-0.2, -0.15) is 0 Å². The second kappa shape index (κ2) is 5.36. The summed E-state index contributed by atoms with van der Waals surface area (Å²) in [4.78, 5) is 4.56. The van der Waals surface area contributed by atoms with E-state index in [4.69, 9.17) is 0 Å². The molecule has 0 unspecified atom stereocenters. The fourth-order valence-corrected chi connectivity index (χ4v) is 2.02. The summed E-state index contributed by atoms with van der Waals surface area (Å²) >= 11 is 0. The first-order chi connectivity index (χ1) is 8.58. The predicted octanol–water partition coefficient (Wildman–Crippen LogP) is 3.28. The molecule has 2 heterocycles. The molecule has 0 saturated heterocycles. The number of nitrogens with zero attached hydrogens (tertiary/aromatic N) is 2. The van der Waals surface area contributed by atoms with Crippen LogP contribution in [0.25, 0.3) is 11.0 Å². The number of hydrogen-bond donors (Lipinski definition) is 1. The second-order valence-corrected chi connectivity index (χ2v) is 5.13. The van der Waals surface area contributed by atoms with Gasteiger partial charge in [0.2, 0.25) is 0 Å². The molecule has 2 aromatic heterocycles. The number of hydrogen-bond acceptors (Lipinski definition) is 2. The molecule has 0 amide bonds. The van der Waals surface area contributed by atoms with Gasteiger partial charge in [-0.25, -0.2) is 4.98 Å². The minimum absolute atomic E-state index is 0.447. The normalized spacial score (nSPS) is 11.3. The highest BCUT2D eigenvalue weighted by molar-refractivity contribution is 5.76. The van der Waals surface area contributed by atoms with Gasteiger partial charge >= 0.3 is 0 Å². The lowest BCUT2D eigenvalue weighted by Gasteiger charge is -2.09. The fourth-order valence-electron chi connectivity index (χ4n) is 2.02. The van der Waals surface area contributed by atoms with Crippen LogP contribution < -0.4 is 5.32 Å². The molecular weight excluding hydrogens is 222 g/mol. The van der Waals surface area contributed by atoms with Crippen LogP contribution in [0.1, 0.15) is 32.4 Å². The van der Waals surface area contributed by atoms with E-state index in [0.29, 0.717) is 6.04 Å². The van der Waals surface area contributed by atoms with Crippen LogP contribution >= 0.6 is 0 Å². The Balaban J connectivity index is 2.16. The van der Waals surface area contributed by atoms with Gasteiger partial charge in [-0.05, 0) is 38.5 Å². The van der Waals surface area contributed by atoms with E-state index in [1.807, 2.05) is 13.1 Å². The predicted molar refractivity (Wildman–Crippen MR) is 76.6 cm³/mol. The van der Waals surface area contributed by atoms with Crippen LogP contribution in [-0.2, 0) is 6.54 Å². The molecule has 0 aliphatic carbocycles. The van der Waals surface area contributed by atoms with E-state index in [9.17, 15) is 0 Å². The number of pyridine rings is 1. The van der Waals surface area contributed by atoms with Crippen molar-refractivity contribution in [2.24, 2.45) is 0 Å². The van der Waals surface area contributed by atoms with Crippen molar-refractivity contribution in [2.45, 2.75) is 33.4 Å². The van der Waals surface area contributed by atoms with E-state index in [1.54, 1.807) is 0 Å². The molecule has 0 aromatic carbocycles. The van der Waals surface area contributed by atoms with Crippen molar-refractivity contribution in [3.63, 3.8) is 0 Å². The monoisotopic (exact) mass is 243 g/mol. The van der Waals surface area contributed by atoms with E-state index in [-0.39, 0.29) is 0 Å². The Hall–Kier alpha value is -1.61. The molecular formula is C15H21N3. The van der Waals surface area contributed by atoms with Crippen molar-refractivity contribution in [1.82, 2.24) is 14.9 Å². The lowest BCUT2D eigenvalue weighted by Crippen LogP contribution is -2.15. The summed E-state index contributed by atoms with van der Waals surface area (Å²) in [5.74, 6) is 0. The summed E-state index contributed by atoms with van der Waals surface area (Å²) in [5.41, 5.74) is 3.42. The zero-order valence-electron chi connectivity index (χ0n) is 11.4. The van der Waals surface area contributed by atoms with Gasteiger partial charge < -0.3 is 9.88 Å². The summed E-state index contributed by atoms with van der Waals surface area (Å²) in [6.45, 7) is 11.9. The lowest BCUT2D eigenvalue weighted by atomic mass is 10.2. The van der Waals surface area contributed by atoms with E-state index >= 15 is 0 Å². The fraction of sp³-hybridized carbons (Fsp3) is 0.400. The number of nitrogens with one attached hydrogen (secondary N) is 1. The summed E-state index contributed by atoms with van der Waals surface area (Å²) in [5, 5.41) is 4.56. The molecule has 0 spiro atoms. The van der Waals surface area contributed by atoms with Crippen LogP contribution in [-0.4, -0.2) is 16.1 Å². The number of rotatable bonds is 5. The van der Waals surface area contributed by atoms with Gasteiger partial charge in [-0.1, -0.05) is 12.2 Å². The maximum Gasteiger partial charge on any atom is 0.140 e. The highest BCUT2D eigenvalue weighted by Gasteiger charge is 2.05. The van der Waals surface area contributed by atoms with E-state index in [2.05, 4.69) is 53.6 Å². The van der Waals surface area contributed by atoms with Crippen LogP contribution in [0.3, 0.4) is 0 Å². The third-order valence-electron chi connectivity index (χ3n) is 2.92. The average Bonchev–Trinajstić information content (AvgIpc) is 2.71. The van der Waals surface area contributed by atoms with Gasteiger partial charge in [-0.3, -0.25) is 0 Å². The minimum Gasteiger partial charge on any atom is -0.330 e. The molecule has 0 atom stereocenters. The minimum atomic E-state index is 0.447. The molecule has 0 saturated carbocycles. The highest BCUT2D eigenvalue weighted by Crippen LogP contribution is 2.18. The third kappa shape index (κ3) is 2.79. The van der Waals surface area contributed by atoms with Crippen LogP contribution in [0.2, 0.25) is 0 Å². The molecule has 1 N–H and O–H groups in total. The Bertz CT molecular complexity index is 552. The van der Waals surface area contributed by atoms with E-state index < -0.39 is 0 Å². The van der Waals surface area contributed by atoms with Crippen molar-refractivity contribution < 1.29 is 0 Å². The number of aromatic nitrogens is 2. The van der Waals surface area contributed by atoms with Gasteiger partial charge in [0, 0.05) is 36.9 Å². The number of fused-ring (bicyclic) bond motifs is 1. The summed E-state index contributed by atoms with van der Waals surface area (Å²) in [6.07, 6.45) is 4.06. The van der Waals surface area contributed by atoms with Crippen molar-refractivity contribution in [2.75, 3.05) is 6.54 Å². The summed E-state index contributed by atoms with van der Waals surface area (Å²) in [6, 6.07) is 4.78. The Kier molecular flexibility index (Phi) is 3.82. The molecule has 0 fully saturated rings. The standard InChI is InChI=1S/C15H21N3/c1-11(2)8-16-9-13-7-14-5-6-18(12(3)4)15(14)17-10-13/h5-7,10,12,16H,1,8-9H2,2-4H3. The molecule has 3 heteroatoms. The smallest absolute Gasteiger partial charge is 0.140 e. The van der Waals surface area contributed by atoms with Crippen LogP contribution in [0.4, 0.5) is 0 Å². The Morgan fingerprint density at radius 1 is 1.50 bits per heavy atom. The molecule has 2 aromatic rings. The Morgan fingerprint density at radius 3 is 2.94 bits per heavy atom. The maximum atomic E-state index is 4.56. The molecule has 3 nitrogen and oxygen atoms in total. The van der Waals surface area contributed by atoms with Crippen molar-refractivity contribution in [3.8, 4) is 0 Å². The van der Waals surface area contributed by atoms with E-state index in [0.717, 1.165) is 24.3 Å². The largest absolute Gasteiger partial charge is 0.330 e. The quantitative estimate of drug-likeness (QED) is 0.817. The summed E-state index contributed by atoms with van der Waals surface area (Å²) in [7, 11) is 0. The van der Waals surface area contributed by atoms with Gasteiger partial charge in [0.1, 0.15) is 5.65 Å². The topological polar surface area (TPSA) is 29.9 Å². The van der Waals surface area contributed by atoms with Crippen molar-refractivity contribution in [1.29, 1.82) is 0 Å². The maximum absolute atomic E-state index is 4.56. The van der Waals surface area contributed by atoms with Gasteiger partial charge in [0.15, 0.2) is 0 Å².